The SMILES string of the molecule is CCn1c(C=C2C(=O)Nc3ccc(Br)cc32)nc2ccccc2c1=O. The molecule has 124 valence electrons. The highest BCUT2D eigenvalue weighted by molar-refractivity contribution is 9.10. The van der Waals surface area contributed by atoms with E-state index in [0.29, 0.717) is 28.8 Å². The quantitative estimate of drug-likeness (QED) is 0.673. The maximum atomic E-state index is 12.7. The van der Waals surface area contributed by atoms with Crippen LogP contribution in [0.2, 0.25) is 0 Å². The molecule has 5 nitrogen and oxygen atoms in total. The van der Waals surface area contributed by atoms with Gasteiger partial charge in [0, 0.05) is 22.3 Å². The average molecular weight is 396 g/mol. The number of nitrogens with one attached hydrogen (secondary N) is 1. The smallest absolute Gasteiger partial charge is 0.261 e. The van der Waals surface area contributed by atoms with Gasteiger partial charge < -0.3 is 5.32 Å². The molecule has 1 aliphatic heterocycles. The zero-order valence-electron chi connectivity index (χ0n) is 13.4. The topological polar surface area (TPSA) is 64.0 Å². The van der Waals surface area contributed by atoms with Crippen LogP contribution in [-0.2, 0) is 11.3 Å². The van der Waals surface area contributed by atoms with Crippen molar-refractivity contribution in [2.45, 2.75) is 13.5 Å². The summed E-state index contributed by atoms with van der Waals surface area (Å²) in [5.74, 6) is 0.280. The summed E-state index contributed by atoms with van der Waals surface area (Å²) in [6.45, 7) is 2.36. The summed E-state index contributed by atoms with van der Waals surface area (Å²) in [5.41, 5.74) is 2.57. The van der Waals surface area contributed by atoms with E-state index in [2.05, 4.69) is 26.2 Å². The lowest BCUT2D eigenvalue weighted by Gasteiger charge is -2.09. The van der Waals surface area contributed by atoms with Crippen LogP contribution in [0.5, 0.6) is 0 Å². The van der Waals surface area contributed by atoms with Crippen LogP contribution in [0.25, 0.3) is 22.6 Å². The number of rotatable bonds is 2. The molecule has 1 N–H and O–H groups in total. The minimum absolute atomic E-state index is 0.104. The lowest BCUT2D eigenvalue weighted by atomic mass is 10.1. The van der Waals surface area contributed by atoms with Crippen LogP contribution < -0.4 is 10.9 Å². The second kappa shape index (κ2) is 5.97. The molecule has 1 aromatic heterocycles. The molecule has 0 fully saturated rings. The maximum absolute atomic E-state index is 12.7. The summed E-state index contributed by atoms with van der Waals surface area (Å²) >= 11 is 3.43. The summed E-state index contributed by atoms with van der Waals surface area (Å²) < 4.78 is 2.46. The van der Waals surface area contributed by atoms with Gasteiger partial charge in [-0.25, -0.2) is 4.98 Å². The van der Waals surface area contributed by atoms with Crippen LogP contribution in [0.4, 0.5) is 5.69 Å². The van der Waals surface area contributed by atoms with E-state index in [0.717, 1.165) is 15.7 Å². The fourth-order valence-electron chi connectivity index (χ4n) is 3.03. The zero-order chi connectivity index (χ0) is 17.6. The van der Waals surface area contributed by atoms with E-state index in [1.165, 1.54) is 0 Å². The Bertz CT molecular complexity index is 1120. The Hall–Kier alpha value is -2.73. The van der Waals surface area contributed by atoms with Crippen molar-refractivity contribution >= 4 is 50.1 Å². The molecule has 3 aromatic rings. The fraction of sp³-hybridized carbons (Fsp3) is 0.105. The second-order valence-corrected chi connectivity index (χ2v) is 6.65. The second-order valence-electron chi connectivity index (χ2n) is 5.74. The number of amides is 1. The molecule has 25 heavy (non-hydrogen) atoms. The largest absolute Gasteiger partial charge is 0.321 e. The van der Waals surface area contributed by atoms with E-state index < -0.39 is 0 Å². The third-order valence-corrected chi connectivity index (χ3v) is 4.74. The molecule has 0 bridgehead atoms. The summed E-state index contributed by atoms with van der Waals surface area (Å²) in [6, 6.07) is 12.8. The van der Waals surface area contributed by atoms with E-state index in [1.54, 1.807) is 22.8 Å². The van der Waals surface area contributed by atoms with Gasteiger partial charge in [-0.2, -0.15) is 0 Å². The Morgan fingerprint density at radius 1 is 1.20 bits per heavy atom. The number of aromatic nitrogens is 2. The van der Waals surface area contributed by atoms with Crippen molar-refractivity contribution < 1.29 is 4.79 Å². The monoisotopic (exact) mass is 395 g/mol. The zero-order valence-corrected chi connectivity index (χ0v) is 15.0. The number of hydrogen-bond donors (Lipinski definition) is 1. The van der Waals surface area contributed by atoms with Crippen molar-refractivity contribution in [2.24, 2.45) is 0 Å². The Labute approximate surface area is 152 Å². The molecule has 1 aliphatic rings. The summed E-state index contributed by atoms with van der Waals surface area (Å²) in [7, 11) is 0. The molecule has 0 saturated carbocycles. The first-order valence-electron chi connectivity index (χ1n) is 7.91. The van der Waals surface area contributed by atoms with E-state index in [4.69, 9.17) is 0 Å². The van der Waals surface area contributed by atoms with Crippen LogP contribution in [0, 0.1) is 0 Å². The first-order valence-corrected chi connectivity index (χ1v) is 8.70. The van der Waals surface area contributed by atoms with Crippen molar-refractivity contribution in [3.05, 3.63) is 68.7 Å². The van der Waals surface area contributed by atoms with Crippen molar-refractivity contribution in [2.75, 3.05) is 5.32 Å². The number of carbonyl (C=O) groups excluding carboxylic acids is 1. The Morgan fingerprint density at radius 2 is 2.00 bits per heavy atom. The first kappa shape index (κ1) is 15.8. The van der Waals surface area contributed by atoms with E-state index >= 15 is 0 Å². The Balaban J connectivity index is 1.97. The molecule has 0 atom stereocenters. The minimum atomic E-state index is -0.196. The molecule has 1 amide bonds. The predicted octanol–water partition coefficient (Wildman–Crippen LogP) is 3.67. The van der Waals surface area contributed by atoms with Crippen LogP contribution >= 0.6 is 15.9 Å². The minimum Gasteiger partial charge on any atom is -0.321 e. The molecule has 0 radical (unpaired) electrons. The third kappa shape index (κ3) is 2.59. The van der Waals surface area contributed by atoms with Gasteiger partial charge in [-0.1, -0.05) is 28.1 Å². The summed E-state index contributed by atoms with van der Waals surface area (Å²) in [4.78, 5) is 29.7. The van der Waals surface area contributed by atoms with Gasteiger partial charge >= 0.3 is 0 Å². The Morgan fingerprint density at radius 3 is 2.80 bits per heavy atom. The van der Waals surface area contributed by atoms with Crippen LogP contribution in [-0.4, -0.2) is 15.5 Å². The Kier molecular flexibility index (Phi) is 3.77. The number of carbonyl (C=O) groups is 1. The number of fused-ring (bicyclic) bond motifs is 2. The molecular weight excluding hydrogens is 382 g/mol. The van der Waals surface area contributed by atoms with Gasteiger partial charge in [-0.05, 0) is 43.3 Å². The van der Waals surface area contributed by atoms with E-state index in [-0.39, 0.29) is 11.5 Å². The fourth-order valence-corrected chi connectivity index (χ4v) is 3.39. The van der Waals surface area contributed by atoms with E-state index in [1.807, 2.05) is 37.3 Å². The third-order valence-electron chi connectivity index (χ3n) is 4.25. The van der Waals surface area contributed by atoms with Gasteiger partial charge in [0.1, 0.15) is 5.82 Å². The van der Waals surface area contributed by atoms with Gasteiger partial charge in [0.05, 0.1) is 16.5 Å². The molecule has 2 heterocycles. The lowest BCUT2D eigenvalue weighted by molar-refractivity contribution is -0.110. The standard InChI is InChI=1S/C19H14BrN3O2/c1-2-23-17(21-15-6-4-3-5-12(15)19(23)25)10-14-13-9-11(20)7-8-16(13)22-18(14)24/h3-10H,2H2,1H3,(H,22,24). The number of benzene rings is 2. The number of para-hydroxylation sites is 1. The molecular formula is C19H14BrN3O2. The lowest BCUT2D eigenvalue weighted by Crippen LogP contribution is -2.23. The van der Waals surface area contributed by atoms with Gasteiger partial charge in [0.2, 0.25) is 0 Å². The highest BCUT2D eigenvalue weighted by Gasteiger charge is 2.25. The maximum Gasteiger partial charge on any atom is 0.261 e. The highest BCUT2D eigenvalue weighted by Crippen LogP contribution is 2.34. The van der Waals surface area contributed by atoms with Gasteiger partial charge in [0.15, 0.2) is 0 Å². The molecule has 0 aliphatic carbocycles. The number of nitrogens with zero attached hydrogens (tertiary/aromatic N) is 2. The summed E-state index contributed by atoms with van der Waals surface area (Å²) in [5, 5.41) is 3.42. The van der Waals surface area contributed by atoms with Crippen LogP contribution in [0.1, 0.15) is 18.3 Å². The van der Waals surface area contributed by atoms with Crippen molar-refractivity contribution in [3.8, 4) is 0 Å². The van der Waals surface area contributed by atoms with Gasteiger partial charge in [-0.15, -0.1) is 0 Å². The van der Waals surface area contributed by atoms with Crippen molar-refractivity contribution in [1.82, 2.24) is 9.55 Å². The normalized spacial score (nSPS) is 14.8. The van der Waals surface area contributed by atoms with Gasteiger partial charge in [0.25, 0.3) is 11.5 Å². The highest BCUT2D eigenvalue weighted by atomic mass is 79.9. The molecule has 0 saturated heterocycles. The predicted molar refractivity (Wildman–Crippen MR) is 102 cm³/mol. The van der Waals surface area contributed by atoms with Crippen molar-refractivity contribution in [1.29, 1.82) is 0 Å². The molecule has 4 rings (SSSR count). The molecule has 0 unspecified atom stereocenters. The van der Waals surface area contributed by atoms with Crippen LogP contribution in [0.3, 0.4) is 0 Å². The average Bonchev–Trinajstić information content (AvgIpc) is 2.90. The summed E-state index contributed by atoms with van der Waals surface area (Å²) in [6.07, 6.45) is 1.69. The number of hydrogen-bond acceptors (Lipinski definition) is 3. The van der Waals surface area contributed by atoms with Crippen LogP contribution in [0.15, 0.2) is 51.7 Å². The molecule has 2 aromatic carbocycles. The molecule has 0 spiro atoms. The molecule has 6 heteroatoms. The number of anilines is 1. The van der Waals surface area contributed by atoms with Gasteiger partial charge in [-0.3, -0.25) is 14.2 Å². The number of halogens is 1. The van der Waals surface area contributed by atoms with E-state index in [9.17, 15) is 9.59 Å². The first-order chi connectivity index (χ1) is 12.1. The van der Waals surface area contributed by atoms with Crippen molar-refractivity contribution in [3.63, 3.8) is 0 Å².